The van der Waals surface area contributed by atoms with Crippen molar-refractivity contribution >= 4 is 5.91 Å². The Kier molecular flexibility index (Phi) is 8.71. The fourth-order valence-electron chi connectivity index (χ4n) is 3.84. The van der Waals surface area contributed by atoms with Crippen LogP contribution in [-0.4, -0.2) is 75.4 Å². The van der Waals surface area contributed by atoms with Crippen LogP contribution in [0.4, 0.5) is 13.2 Å². The van der Waals surface area contributed by atoms with Crippen LogP contribution in [0.1, 0.15) is 21.5 Å². The molecule has 0 N–H and O–H groups in total. The predicted octanol–water partition coefficient (Wildman–Crippen LogP) is 3.70. The minimum absolute atomic E-state index is 0.0115. The van der Waals surface area contributed by atoms with E-state index in [0.717, 1.165) is 30.0 Å². The second kappa shape index (κ2) is 11.5. The molecule has 9 heteroatoms. The van der Waals surface area contributed by atoms with E-state index >= 15 is 0 Å². The fraction of sp³-hybridized carbons (Fsp3) is 0.458. The van der Waals surface area contributed by atoms with Crippen LogP contribution < -0.4 is 4.74 Å². The molecule has 33 heavy (non-hydrogen) atoms. The molecule has 0 bridgehead atoms. The van der Waals surface area contributed by atoms with E-state index in [1.165, 1.54) is 24.1 Å². The quantitative estimate of drug-likeness (QED) is 0.564. The number of amides is 1. The van der Waals surface area contributed by atoms with Gasteiger partial charge in [0, 0.05) is 51.0 Å². The molecule has 1 aliphatic rings. The van der Waals surface area contributed by atoms with Gasteiger partial charge in [-0.3, -0.25) is 9.69 Å². The van der Waals surface area contributed by atoms with E-state index in [-0.39, 0.29) is 31.4 Å². The number of alkyl halides is 3. The van der Waals surface area contributed by atoms with Crippen LogP contribution in [0, 0.1) is 0 Å². The Hall–Kier alpha value is -2.62. The summed E-state index contributed by atoms with van der Waals surface area (Å²) in [4.78, 5) is 16.8. The van der Waals surface area contributed by atoms with Crippen LogP contribution in [0.3, 0.4) is 0 Å². The van der Waals surface area contributed by atoms with E-state index in [2.05, 4.69) is 4.90 Å². The van der Waals surface area contributed by atoms with Crippen LogP contribution in [0.5, 0.6) is 5.75 Å². The maximum atomic E-state index is 13.1. The second-order valence-electron chi connectivity index (χ2n) is 7.86. The van der Waals surface area contributed by atoms with Crippen molar-refractivity contribution in [3.63, 3.8) is 0 Å². The van der Waals surface area contributed by atoms with Gasteiger partial charge >= 0.3 is 6.18 Å². The Morgan fingerprint density at radius 1 is 1.18 bits per heavy atom. The van der Waals surface area contributed by atoms with E-state index in [1.54, 1.807) is 7.11 Å². The number of hydrogen-bond acceptors (Lipinski definition) is 5. The van der Waals surface area contributed by atoms with E-state index in [9.17, 15) is 18.0 Å². The number of para-hydroxylation sites is 1. The van der Waals surface area contributed by atoms with Gasteiger partial charge in [-0.15, -0.1) is 0 Å². The third-order valence-corrected chi connectivity index (χ3v) is 5.52. The number of halogens is 3. The van der Waals surface area contributed by atoms with Crippen molar-refractivity contribution < 1.29 is 32.2 Å². The zero-order chi connectivity index (χ0) is 23.8. The normalized spacial score (nSPS) is 17.1. The number of morpholine rings is 1. The highest BCUT2D eigenvalue weighted by Gasteiger charge is 2.32. The average Bonchev–Trinajstić information content (AvgIpc) is 2.81. The molecule has 1 amide bonds. The SMILES string of the molecule is COCCN(CC1CN(Cc2ccccc2OC)CCO1)C(=O)c1cccc(C(F)(F)F)c1. The summed E-state index contributed by atoms with van der Waals surface area (Å²) in [7, 11) is 3.15. The fourth-order valence-corrected chi connectivity index (χ4v) is 3.84. The largest absolute Gasteiger partial charge is 0.496 e. The summed E-state index contributed by atoms with van der Waals surface area (Å²) in [5, 5.41) is 0. The van der Waals surface area contributed by atoms with Crippen molar-refractivity contribution in [2.45, 2.75) is 18.8 Å². The third-order valence-electron chi connectivity index (χ3n) is 5.52. The third kappa shape index (κ3) is 6.93. The van der Waals surface area contributed by atoms with Crippen molar-refractivity contribution in [3.05, 3.63) is 65.2 Å². The van der Waals surface area contributed by atoms with Crippen molar-refractivity contribution in [2.75, 3.05) is 53.6 Å². The highest BCUT2D eigenvalue weighted by atomic mass is 19.4. The number of carbonyl (C=O) groups is 1. The van der Waals surface area contributed by atoms with E-state index < -0.39 is 17.6 Å². The predicted molar refractivity (Wildman–Crippen MR) is 117 cm³/mol. The van der Waals surface area contributed by atoms with Crippen molar-refractivity contribution in [1.29, 1.82) is 0 Å². The van der Waals surface area contributed by atoms with Crippen molar-refractivity contribution in [3.8, 4) is 5.75 Å². The summed E-state index contributed by atoms with van der Waals surface area (Å²) in [5.41, 5.74) is 0.191. The number of ether oxygens (including phenoxy) is 3. The summed E-state index contributed by atoms with van der Waals surface area (Å²) in [6.07, 6.45) is -4.79. The molecular formula is C24H29F3N2O4. The van der Waals surface area contributed by atoms with Crippen molar-refractivity contribution in [1.82, 2.24) is 9.80 Å². The van der Waals surface area contributed by atoms with Gasteiger partial charge in [0.1, 0.15) is 5.75 Å². The molecule has 0 saturated carbocycles. The van der Waals surface area contributed by atoms with Gasteiger partial charge in [-0.25, -0.2) is 0 Å². The molecule has 1 aliphatic heterocycles. The first-order chi connectivity index (χ1) is 15.8. The van der Waals surface area contributed by atoms with Gasteiger partial charge in [0.25, 0.3) is 5.91 Å². The standard InChI is InChI=1S/C24H29F3N2O4/c1-31-12-11-29(23(30)18-7-5-8-20(14-18)24(25,26)27)17-21-16-28(10-13-33-21)15-19-6-3-4-9-22(19)32-2/h3-9,14,21H,10-13,15-17H2,1-2H3. The molecule has 1 unspecified atom stereocenters. The number of benzene rings is 2. The molecular weight excluding hydrogens is 437 g/mol. The molecule has 6 nitrogen and oxygen atoms in total. The highest BCUT2D eigenvalue weighted by Crippen LogP contribution is 2.30. The zero-order valence-corrected chi connectivity index (χ0v) is 18.8. The van der Waals surface area contributed by atoms with Gasteiger partial charge in [0.2, 0.25) is 0 Å². The van der Waals surface area contributed by atoms with Gasteiger partial charge in [-0.1, -0.05) is 24.3 Å². The summed E-state index contributed by atoms with van der Waals surface area (Å²) < 4.78 is 55.7. The zero-order valence-electron chi connectivity index (χ0n) is 18.8. The summed E-state index contributed by atoms with van der Waals surface area (Å²) in [6.45, 7) is 3.24. The van der Waals surface area contributed by atoms with Gasteiger partial charge in [-0.2, -0.15) is 13.2 Å². The summed E-state index contributed by atoms with van der Waals surface area (Å²) in [5.74, 6) is 0.325. The topological polar surface area (TPSA) is 51.2 Å². The molecule has 1 saturated heterocycles. The molecule has 3 rings (SSSR count). The van der Waals surface area contributed by atoms with Gasteiger partial charge in [0.15, 0.2) is 0 Å². The lowest BCUT2D eigenvalue weighted by molar-refractivity contribution is -0.137. The lowest BCUT2D eigenvalue weighted by Crippen LogP contribution is -2.49. The summed E-state index contributed by atoms with van der Waals surface area (Å²) >= 11 is 0. The van der Waals surface area contributed by atoms with Crippen LogP contribution in [0.2, 0.25) is 0 Å². The Labute approximate surface area is 191 Å². The lowest BCUT2D eigenvalue weighted by atomic mass is 10.1. The molecule has 0 radical (unpaired) electrons. The van der Waals surface area contributed by atoms with Crippen molar-refractivity contribution in [2.24, 2.45) is 0 Å². The van der Waals surface area contributed by atoms with Gasteiger partial charge in [0.05, 0.1) is 32.0 Å². The molecule has 0 aromatic heterocycles. The van der Waals surface area contributed by atoms with E-state index in [4.69, 9.17) is 14.2 Å². The lowest BCUT2D eigenvalue weighted by Gasteiger charge is -2.36. The Bertz CT molecular complexity index is 923. The van der Waals surface area contributed by atoms with Crippen LogP contribution in [-0.2, 0) is 22.2 Å². The first kappa shape index (κ1) is 25.0. The Morgan fingerprint density at radius 2 is 1.97 bits per heavy atom. The van der Waals surface area contributed by atoms with Crippen LogP contribution >= 0.6 is 0 Å². The smallest absolute Gasteiger partial charge is 0.416 e. The summed E-state index contributed by atoms with van der Waals surface area (Å²) in [6, 6.07) is 12.3. The highest BCUT2D eigenvalue weighted by molar-refractivity contribution is 5.94. The first-order valence-electron chi connectivity index (χ1n) is 10.7. The van der Waals surface area contributed by atoms with Gasteiger partial charge < -0.3 is 19.1 Å². The van der Waals surface area contributed by atoms with Crippen LogP contribution in [0.25, 0.3) is 0 Å². The molecule has 0 spiro atoms. The molecule has 2 aromatic rings. The first-order valence-corrected chi connectivity index (χ1v) is 10.7. The van der Waals surface area contributed by atoms with E-state index in [1.807, 2.05) is 24.3 Å². The minimum Gasteiger partial charge on any atom is -0.496 e. The Balaban J connectivity index is 1.70. The number of methoxy groups -OCH3 is 2. The molecule has 180 valence electrons. The average molecular weight is 467 g/mol. The van der Waals surface area contributed by atoms with E-state index in [0.29, 0.717) is 19.7 Å². The number of carbonyl (C=O) groups excluding carboxylic acids is 1. The number of hydrogen-bond donors (Lipinski definition) is 0. The maximum Gasteiger partial charge on any atom is 0.416 e. The molecule has 1 atom stereocenters. The molecule has 1 fully saturated rings. The maximum absolute atomic E-state index is 13.1. The molecule has 1 heterocycles. The Morgan fingerprint density at radius 3 is 2.70 bits per heavy atom. The molecule has 2 aromatic carbocycles. The number of rotatable bonds is 9. The number of nitrogens with zero attached hydrogens (tertiary/aromatic N) is 2. The minimum atomic E-state index is -4.51. The monoisotopic (exact) mass is 466 g/mol. The molecule has 0 aliphatic carbocycles. The van der Waals surface area contributed by atoms with Crippen LogP contribution in [0.15, 0.2) is 48.5 Å². The second-order valence-corrected chi connectivity index (χ2v) is 7.86. The van der Waals surface area contributed by atoms with Gasteiger partial charge in [-0.05, 0) is 24.3 Å².